The molecular weight excluding hydrogens is 383 g/mol. The van der Waals surface area contributed by atoms with Gasteiger partial charge >= 0.3 is 0 Å². The monoisotopic (exact) mass is 396 g/mol. The van der Waals surface area contributed by atoms with Gasteiger partial charge in [0, 0.05) is 36.2 Å². The second-order valence-electron chi connectivity index (χ2n) is 6.74. The lowest BCUT2D eigenvalue weighted by Gasteiger charge is -2.17. The fraction of sp³-hybridized carbons (Fsp3) is 0.150. The van der Waals surface area contributed by atoms with Gasteiger partial charge in [-0.25, -0.2) is 4.39 Å². The Bertz CT molecular complexity index is 1200. The summed E-state index contributed by atoms with van der Waals surface area (Å²) >= 11 is 6.10. The molecule has 5 rings (SSSR count). The Labute approximate surface area is 163 Å². The molecule has 28 heavy (non-hydrogen) atoms. The molecule has 1 atom stereocenters. The van der Waals surface area contributed by atoms with Gasteiger partial charge in [-0.3, -0.25) is 4.79 Å². The number of carbonyl (C=O) groups excluding carboxylic acids is 1. The average molecular weight is 397 g/mol. The molecule has 0 radical (unpaired) electrons. The van der Waals surface area contributed by atoms with Crippen molar-refractivity contribution < 1.29 is 13.7 Å². The maximum atomic E-state index is 13.3. The molecule has 1 aliphatic rings. The molecule has 1 fully saturated rings. The van der Waals surface area contributed by atoms with Crippen LogP contribution >= 0.6 is 11.6 Å². The highest BCUT2D eigenvalue weighted by Gasteiger charge is 2.35. The lowest BCUT2D eigenvalue weighted by Crippen LogP contribution is -2.24. The number of fused-ring (bicyclic) bond motifs is 1. The lowest BCUT2D eigenvalue weighted by atomic mass is 10.1. The van der Waals surface area contributed by atoms with Gasteiger partial charge in [-0.05, 0) is 41.8 Å². The maximum Gasteiger partial charge on any atom is 0.258 e. The first-order valence-electron chi connectivity index (χ1n) is 8.75. The van der Waals surface area contributed by atoms with E-state index in [1.807, 2.05) is 30.5 Å². The van der Waals surface area contributed by atoms with Crippen LogP contribution in [0.2, 0.25) is 5.02 Å². The van der Waals surface area contributed by atoms with Crippen LogP contribution in [0.5, 0.6) is 0 Å². The van der Waals surface area contributed by atoms with E-state index >= 15 is 0 Å². The summed E-state index contributed by atoms with van der Waals surface area (Å²) in [4.78, 5) is 21.6. The van der Waals surface area contributed by atoms with Crippen molar-refractivity contribution in [1.29, 1.82) is 0 Å². The molecule has 1 N–H and O–H groups in total. The van der Waals surface area contributed by atoms with Crippen molar-refractivity contribution in [2.45, 2.75) is 12.3 Å². The van der Waals surface area contributed by atoms with E-state index < -0.39 is 5.82 Å². The van der Waals surface area contributed by atoms with Crippen molar-refractivity contribution >= 4 is 34.1 Å². The zero-order valence-corrected chi connectivity index (χ0v) is 15.3. The standard InChI is InChI=1S/C20H14ClFN4O2/c21-15-9-14(22)3-4-17(15)26-10-13(8-18(26)27)19-24-20(28-25-19)12-2-1-11-5-6-23-16(11)7-12/h1-7,9,13,23H,8,10H2. The van der Waals surface area contributed by atoms with Gasteiger partial charge in [0.2, 0.25) is 5.91 Å². The Kier molecular flexibility index (Phi) is 3.91. The maximum absolute atomic E-state index is 13.3. The molecule has 4 aromatic rings. The minimum atomic E-state index is -0.446. The number of H-pyrrole nitrogens is 1. The molecule has 2 aromatic heterocycles. The van der Waals surface area contributed by atoms with Crippen molar-refractivity contribution in [3.05, 3.63) is 65.3 Å². The van der Waals surface area contributed by atoms with Crippen molar-refractivity contribution in [2.24, 2.45) is 0 Å². The molecule has 0 aliphatic carbocycles. The first-order chi connectivity index (χ1) is 13.6. The third-order valence-electron chi connectivity index (χ3n) is 4.93. The van der Waals surface area contributed by atoms with Gasteiger partial charge in [0.25, 0.3) is 5.89 Å². The molecule has 0 saturated carbocycles. The molecule has 3 heterocycles. The quantitative estimate of drug-likeness (QED) is 0.552. The number of anilines is 1. The molecular formula is C20H14ClFN4O2. The highest BCUT2D eigenvalue weighted by Crippen LogP contribution is 2.35. The van der Waals surface area contributed by atoms with E-state index in [4.69, 9.17) is 16.1 Å². The van der Waals surface area contributed by atoms with E-state index in [9.17, 15) is 9.18 Å². The lowest BCUT2D eigenvalue weighted by molar-refractivity contribution is -0.117. The number of aromatic nitrogens is 3. The van der Waals surface area contributed by atoms with Gasteiger partial charge in [0.05, 0.1) is 10.7 Å². The molecule has 8 heteroatoms. The van der Waals surface area contributed by atoms with Gasteiger partial charge in [-0.1, -0.05) is 22.8 Å². The average Bonchev–Trinajstić information content (AvgIpc) is 3.40. The fourth-order valence-electron chi connectivity index (χ4n) is 3.51. The van der Waals surface area contributed by atoms with Crippen LogP contribution in [0.1, 0.15) is 18.2 Å². The minimum absolute atomic E-state index is 0.113. The second kappa shape index (κ2) is 6.45. The first kappa shape index (κ1) is 16.9. The topological polar surface area (TPSA) is 75.0 Å². The number of amides is 1. The van der Waals surface area contributed by atoms with E-state index in [1.165, 1.54) is 23.1 Å². The number of rotatable bonds is 3. The summed E-state index contributed by atoms with van der Waals surface area (Å²) in [5, 5.41) is 5.36. The minimum Gasteiger partial charge on any atom is -0.361 e. The van der Waals surface area contributed by atoms with Crippen LogP contribution in [0, 0.1) is 5.82 Å². The van der Waals surface area contributed by atoms with Gasteiger partial charge in [-0.2, -0.15) is 4.98 Å². The first-order valence-corrected chi connectivity index (χ1v) is 9.13. The van der Waals surface area contributed by atoms with Crippen LogP contribution in [0.3, 0.4) is 0 Å². The van der Waals surface area contributed by atoms with Gasteiger partial charge in [0.15, 0.2) is 5.82 Å². The summed E-state index contributed by atoms with van der Waals surface area (Å²) in [5.41, 5.74) is 2.26. The number of nitrogens with zero attached hydrogens (tertiary/aromatic N) is 3. The Hall–Kier alpha value is -3.19. The summed E-state index contributed by atoms with van der Waals surface area (Å²) in [6.45, 7) is 0.360. The summed E-state index contributed by atoms with van der Waals surface area (Å²) in [7, 11) is 0. The largest absolute Gasteiger partial charge is 0.361 e. The van der Waals surface area contributed by atoms with Crippen molar-refractivity contribution in [3.63, 3.8) is 0 Å². The number of carbonyl (C=O) groups is 1. The number of aromatic amines is 1. The zero-order valence-electron chi connectivity index (χ0n) is 14.5. The smallest absolute Gasteiger partial charge is 0.258 e. The summed E-state index contributed by atoms with van der Waals surface area (Å²) in [6.07, 6.45) is 2.11. The molecule has 2 aromatic carbocycles. The zero-order chi connectivity index (χ0) is 19.3. The molecule has 0 spiro atoms. The van der Waals surface area contributed by atoms with Crippen LogP contribution in [-0.4, -0.2) is 27.6 Å². The molecule has 0 bridgehead atoms. The van der Waals surface area contributed by atoms with Crippen LogP contribution < -0.4 is 4.90 Å². The molecule has 1 unspecified atom stereocenters. The third-order valence-corrected chi connectivity index (χ3v) is 5.24. The highest BCUT2D eigenvalue weighted by atomic mass is 35.5. The second-order valence-corrected chi connectivity index (χ2v) is 7.15. The third kappa shape index (κ3) is 2.84. The normalized spacial score (nSPS) is 17.0. The van der Waals surface area contributed by atoms with E-state index in [2.05, 4.69) is 15.1 Å². The number of benzene rings is 2. The van der Waals surface area contributed by atoms with Gasteiger partial charge in [0.1, 0.15) is 5.82 Å². The number of hydrogen-bond acceptors (Lipinski definition) is 4. The van der Waals surface area contributed by atoms with Crippen LogP contribution in [0.25, 0.3) is 22.4 Å². The van der Waals surface area contributed by atoms with Crippen molar-refractivity contribution in [1.82, 2.24) is 15.1 Å². The van der Waals surface area contributed by atoms with Crippen molar-refractivity contribution in [3.8, 4) is 11.5 Å². The van der Waals surface area contributed by atoms with Crippen LogP contribution in [0.4, 0.5) is 10.1 Å². The van der Waals surface area contributed by atoms with E-state index in [0.29, 0.717) is 23.9 Å². The molecule has 140 valence electrons. The Morgan fingerprint density at radius 1 is 1.21 bits per heavy atom. The molecule has 6 nitrogen and oxygen atoms in total. The summed E-state index contributed by atoms with van der Waals surface area (Å²) in [6, 6.07) is 11.8. The molecule has 1 saturated heterocycles. The number of nitrogens with one attached hydrogen (secondary N) is 1. The van der Waals surface area contributed by atoms with Gasteiger partial charge < -0.3 is 14.4 Å². The summed E-state index contributed by atoms with van der Waals surface area (Å²) < 4.78 is 18.7. The fourth-order valence-corrected chi connectivity index (χ4v) is 3.78. The number of hydrogen-bond donors (Lipinski definition) is 1. The Balaban J connectivity index is 1.41. The van der Waals surface area contributed by atoms with E-state index in [0.717, 1.165) is 16.5 Å². The Morgan fingerprint density at radius 2 is 2.11 bits per heavy atom. The highest BCUT2D eigenvalue weighted by molar-refractivity contribution is 6.33. The van der Waals surface area contributed by atoms with Crippen LogP contribution in [0.15, 0.2) is 53.2 Å². The molecule has 1 amide bonds. The predicted molar refractivity (Wildman–Crippen MR) is 103 cm³/mol. The molecule has 1 aliphatic heterocycles. The summed E-state index contributed by atoms with van der Waals surface area (Å²) in [5.74, 6) is 0.0877. The number of halogens is 2. The van der Waals surface area contributed by atoms with Crippen LogP contribution in [-0.2, 0) is 4.79 Å². The van der Waals surface area contributed by atoms with E-state index in [-0.39, 0.29) is 23.3 Å². The Morgan fingerprint density at radius 3 is 2.96 bits per heavy atom. The SMILES string of the molecule is O=C1CC(c2noc(-c3ccc4cc[nH]c4c3)n2)CN1c1ccc(F)cc1Cl. The predicted octanol–water partition coefficient (Wildman–Crippen LogP) is 4.53. The van der Waals surface area contributed by atoms with Crippen molar-refractivity contribution in [2.75, 3.05) is 11.4 Å². The van der Waals surface area contributed by atoms with E-state index in [1.54, 1.807) is 0 Å². The van der Waals surface area contributed by atoms with Gasteiger partial charge in [-0.15, -0.1) is 0 Å².